The van der Waals surface area contributed by atoms with Crippen molar-refractivity contribution >= 4 is 23.6 Å². The Morgan fingerprint density at radius 3 is 2.83 bits per heavy atom. The number of carbonyl (C=O) groups is 2. The number of pyridine rings is 1. The number of hydrogen-bond acceptors (Lipinski definition) is 5. The molecular formula is C19H18N2O3. The summed E-state index contributed by atoms with van der Waals surface area (Å²) in [6, 6.07) is 10.7. The van der Waals surface area contributed by atoms with Gasteiger partial charge in [0.1, 0.15) is 5.82 Å². The van der Waals surface area contributed by atoms with E-state index in [2.05, 4.69) is 4.98 Å². The Morgan fingerprint density at radius 1 is 1.33 bits per heavy atom. The van der Waals surface area contributed by atoms with Crippen molar-refractivity contribution < 1.29 is 14.3 Å². The summed E-state index contributed by atoms with van der Waals surface area (Å²) < 4.78 is 5.18. The molecule has 0 amide bonds. The number of esters is 1. The third-order valence-corrected chi connectivity index (χ3v) is 4.02. The van der Waals surface area contributed by atoms with Crippen LogP contribution < -0.4 is 5.73 Å². The number of anilines is 1. The zero-order chi connectivity index (χ0) is 17.1. The predicted octanol–water partition coefficient (Wildman–Crippen LogP) is 2.98. The standard InChI is InChI=1S/C19H18N2O3/c1-2-24-19(23)16-10-13(9-12-7-8-17(20)21-11-12)18(22)15-6-4-3-5-14(15)16/h3-9,11,16H,2,10H2,1H3,(H2,20,21). The normalized spacial score (nSPS) is 18.3. The maximum Gasteiger partial charge on any atom is 0.313 e. The second-order valence-corrected chi connectivity index (χ2v) is 5.61. The third kappa shape index (κ3) is 3.06. The van der Waals surface area contributed by atoms with E-state index in [1.54, 1.807) is 43.5 Å². The molecule has 1 atom stereocenters. The van der Waals surface area contributed by atoms with Crippen LogP contribution in [0.25, 0.3) is 6.08 Å². The summed E-state index contributed by atoms with van der Waals surface area (Å²) in [5, 5.41) is 0. The number of ether oxygens (including phenoxy) is 1. The number of Topliss-reactive ketones (excluding diaryl/α,β-unsaturated/α-hetero) is 1. The molecule has 1 aliphatic rings. The van der Waals surface area contributed by atoms with E-state index >= 15 is 0 Å². The van der Waals surface area contributed by atoms with Crippen LogP contribution in [-0.4, -0.2) is 23.3 Å². The number of nitrogens with zero attached hydrogens (tertiary/aromatic N) is 1. The highest BCUT2D eigenvalue weighted by Gasteiger charge is 2.34. The molecule has 1 aromatic heterocycles. The Bertz CT molecular complexity index is 810. The summed E-state index contributed by atoms with van der Waals surface area (Å²) in [5.41, 5.74) is 8.21. The lowest BCUT2D eigenvalue weighted by molar-refractivity contribution is -0.144. The smallest absolute Gasteiger partial charge is 0.313 e. The number of carbonyl (C=O) groups excluding carboxylic acids is 2. The van der Waals surface area contributed by atoms with Crippen LogP contribution in [0.4, 0.5) is 5.82 Å². The average Bonchev–Trinajstić information content (AvgIpc) is 2.59. The van der Waals surface area contributed by atoms with Gasteiger partial charge in [0.2, 0.25) is 0 Å². The fraction of sp³-hybridized carbons (Fsp3) is 0.211. The number of nitrogen functional groups attached to an aromatic ring is 1. The number of rotatable bonds is 3. The molecule has 1 unspecified atom stereocenters. The fourth-order valence-corrected chi connectivity index (χ4v) is 2.88. The van der Waals surface area contributed by atoms with Gasteiger partial charge in [-0.25, -0.2) is 4.98 Å². The molecule has 0 bridgehead atoms. The molecule has 5 nitrogen and oxygen atoms in total. The first-order valence-electron chi connectivity index (χ1n) is 7.82. The molecule has 0 saturated heterocycles. The van der Waals surface area contributed by atoms with Crippen LogP contribution in [0.1, 0.15) is 40.7 Å². The van der Waals surface area contributed by atoms with E-state index in [1.165, 1.54) is 0 Å². The number of benzene rings is 1. The number of fused-ring (bicyclic) bond motifs is 1. The summed E-state index contributed by atoms with van der Waals surface area (Å²) >= 11 is 0. The van der Waals surface area contributed by atoms with E-state index < -0.39 is 5.92 Å². The Kier molecular flexibility index (Phi) is 4.42. The fourth-order valence-electron chi connectivity index (χ4n) is 2.88. The van der Waals surface area contributed by atoms with E-state index in [0.29, 0.717) is 30.0 Å². The van der Waals surface area contributed by atoms with Gasteiger partial charge in [0, 0.05) is 17.3 Å². The quantitative estimate of drug-likeness (QED) is 0.694. The molecule has 1 heterocycles. The SMILES string of the molecule is CCOC(=O)C1CC(=Cc2ccc(N)nc2)C(=O)c2ccccc21. The average molecular weight is 322 g/mol. The highest BCUT2D eigenvalue weighted by molar-refractivity contribution is 6.14. The monoisotopic (exact) mass is 322 g/mol. The Morgan fingerprint density at radius 2 is 2.12 bits per heavy atom. The maximum absolute atomic E-state index is 12.7. The van der Waals surface area contributed by atoms with Crippen molar-refractivity contribution in [1.82, 2.24) is 4.98 Å². The minimum absolute atomic E-state index is 0.0667. The van der Waals surface area contributed by atoms with Gasteiger partial charge >= 0.3 is 5.97 Å². The highest BCUT2D eigenvalue weighted by Crippen LogP contribution is 2.36. The zero-order valence-electron chi connectivity index (χ0n) is 13.4. The van der Waals surface area contributed by atoms with Crippen LogP contribution in [-0.2, 0) is 9.53 Å². The van der Waals surface area contributed by atoms with Gasteiger partial charge < -0.3 is 10.5 Å². The van der Waals surface area contributed by atoms with Crippen LogP contribution in [0.2, 0.25) is 0 Å². The first-order chi connectivity index (χ1) is 11.6. The molecule has 0 spiro atoms. The Hall–Kier alpha value is -2.95. The van der Waals surface area contributed by atoms with Crippen molar-refractivity contribution in [2.45, 2.75) is 19.3 Å². The molecule has 1 aliphatic carbocycles. The summed E-state index contributed by atoms with van der Waals surface area (Å²) in [7, 11) is 0. The molecular weight excluding hydrogens is 304 g/mol. The van der Waals surface area contributed by atoms with Gasteiger partial charge in [0.05, 0.1) is 12.5 Å². The minimum atomic E-state index is -0.466. The topological polar surface area (TPSA) is 82.3 Å². The van der Waals surface area contributed by atoms with E-state index in [0.717, 1.165) is 11.1 Å². The summed E-state index contributed by atoms with van der Waals surface area (Å²) in [6.45, 7) is 2.08. The van der Waals surface area contributed by atoms with Crippen LogP contribution in [0.3, 0.4) is 0 Å². The minimum Gasteiger partial charge on any atom is -0.466 e. The molecule has 2 N–H and O–H groups in total. The van der Waals surface area contributed by atoms with E-state index in [1.807, 2.05) is 12.1 Å². The maximum atomic E-state index is 12.7. The van der Waals surface area contributed by atoms with Gasteiger partial charge in [0.25, 0.3) is 0 Å². The first kappa shape index (κ1) is 15.9. The lowest BCUT2D eigenvalue weighted by Crippen LogP contribution is -2.25. The molecule has 0 fully saturated rings. The van der Waals surface area contributed by atoms with Crippen molar-refractivity contribution in [3.8, 4) is 0 Å². The van der Waals surface area contributed by atoms with Gasteiger partial charge in [-0.2, -0.15) is 0 Å². The van der Waals surface area contributed by atoms with Crippen molar-refractivity contribution in [2.24, 2.45) is 0 Å². The van der Waals surface area contributed by atoms with Crippen molar-refractivity contribution in [3.63, 3.8) is 0 Å². The lowest BCUT2D eigenvalue weighted by Gasteiger charge is -2.25. The van der Waals surface area contributed by atoms with Gasteiger partial charge in [-0.1, -0.05) is 24.3 Å². The largest absolute Gasteiger partial charge is 0.466 e. The van der Waals surface area contributed by atoms with Crippen molar-refractivity contribution in [1.29, 1.82) is 0 Å². The number of nitrogens with two attached hydrogens (primary N) is 1. The summed E-state index contributed by atoms with van der Waals surface area (Å²) in [6.07, 6.45) is 3.69. The molecule has 2 aromatic rings. The zero-order valence-corrected chi connectivity index (χ0v) is 13.4. The molecule has 1 aromatic carbocycles. The van der Waals surface area contributed by atoms with E-state index in [9.17, 15) is 9.59 Å². The molecule has 24 heavy (non-hydrogen) atoms. The van der Waals surface area contributed by atoms with Crippen molar-refractivity contribution in [3.05, 3.63) is 64.9 Å². The second kappa shape index (κ2) is 6.66. The third-order valence-electron chi connectivity index (χ3n) is 4.02. The predicted molar refractivity (Wildman–Crippen MR) is 91.4 cm³/mol. The number of aromatic nitrogens is 1. The van der Waals surface area contributed by atoms with Crippen LogP contribution in [0, 0.1) is 0 Å². The van der Waals surface area contributed by atoms with E-state index in [-0.39, 0.29) is 11.8 Å². The van der Waals surface area contributed by atoms with Crippen molar-refractivity contribution in [2.75, 3.05) is 12.3 Å². The van der Waals surface area contributed by atoms with Gasteiger partial charge in [-0.15, -0.1) is 0 Å². The summed E-state index contributed by atoms with van der Waals surface area (Å²) in [5.74, 6) is -0.421. The molecule has 5 heteroatoms. The highest BCUT2D eigenvalue weighted by atomic mass is 16.5. The Labute approximate surface area is 140 Å². The second-order valence-electron chi connectivity index (χ2n) is 5.61. The van der Waals surface area contributed by atoms with Crippen LogP contribution >= 0.6 is 0 Å². The van der Waals surface area contributed by atoms with Crippen LogP contribution in [0.5, 0.6) is 0 Å². The van der Waals surface area contributed by atoms with Crippen LogP contribution in [0.15, 0.2) is 48.2 Å². The summed E-state index contributed by atoms with van der Waals surface area (Å²) in [4.78, 5) is 29.1. The first-order valence-corrected chi connectivity index (χ1v) is 7.82. The van der Waals surface area contributed by atoms with Gasteiger partial charge in [-0.05, 0) is 42.7 Å². The van der Waals surface area contributed by atoms with Gasteiger partial charge in [-0.3, -0.25) is 9.59 Å². The molecule has 3 rings (SSSR count). The number of hydrogen-bond donors (Lipinski definition) is 1. The van der Waals surface area contributed by atoms with Gasteiger partial charge in [0.15, 0.2) is 5.78 Å². The molecule has 122 valence electrons. The molecule has 0 saturated carbocycles. The lowest BCUT2D eigenvalue weighted by atomic mass is 9.78. The molecule has 0 aliphatic heterocycles. The number of allylic oxidation sites excluding steroid dienone is 1. The van der Waals surface area contributed by atoms with E-state index in [4.69, 9.17) is 10.5 Å². The Balaban J connectivity index is 2.02. The number of ketones is 1. The molecule has 0 radical (unpaired) electrons.